The van der Waals surface area contributed by atoms with Crippen LogP contribution in [-0.4, -0.2) is 0 Å². The van der Waals surface area contributed by atoms with Crippen LogP contribution in [0, 0.1) is 0 Å². The van der Waals surface area contributed by atoms with Crippen molar-refractivity contribution in [3.63, 3.8) is 0 Å². The molecule has 2 heteroatoms. The summed E-state index contributed by atoms with van der Waals surface area (Å²) in [5.41, 5.74) is 8.99. The predicted molar refractivity (Wildman–Crippen MR) is 74.4 cm³/mol. The van der Waals surface area contributed by atoms with Gasteiger partial charge in [-0.2, -0.15) is 0 Å². The highest BCUT2D eigenvalue weighted by Crippen LogP contribution is 2.36. The number of rotatable bonds is 2. The minimum atomic E-state index is -0.143. The van der Waals surface area contributed by atoms with Crippen molar-refractivity contribution in [2.75, 3.05) is 5.73 Å². The Labute approximate surface area is 107 Å². The second kappa shape index (κ2) is 4.42. The van der Waals surface area contributed by atoms with Gasteiger partial charge in [0.05, 0.1) is 0 Å². The van der Waals surface area contributed by atoms with Gasteiger partial charge in [0.1, 0.15) is 0 Å². The molecule has 88 valence electrons. The standard InChI is InChI=1S/C15H16ClN/c1-15(2,11-6-4-3-5-7-11)13-10-12(16)8-9-14(13)17/h3-10H,17H2,1-2H3. The first kappa shape index (κ1) is 12.0. The topological polar surface area (TPSA) is 26.0 Å². The Balaban J connectivity index is 2.55. The van der Waals surface area contributed by atoms with E-state index in [1.54, 1.807) is 0 Å². The molecule has 0 unspecified atom stereocenters. The summed E-state index contributed by atoms with van der Waals surface area (Å²) in [6, 6.07) is 15.9. The lowest BCUT2D eigenvalue weighted by Gasteiger charge is -2.27. The van der Waals surface area contributed by atoms with E-state index in [1.807, 2.05) is 36.4 Å². The Kier molecular flexibility index (Phi) is 3.12. The van der Waals surface area contributed by atoms with Gasteiger partial charge < -0.3 is 5.73 Å². The molecule has 0 bridgehead atoms. The number of benzene rings is 2. The molecule has 0 spiro atoms. The van der Waals surface area contributed by atoms with E-state index >= 15 is 0 Å². The number of anilines is 1. The zero-order valence-electron chi connectivity index (χ0n) is 10.1. The smallest absolute Gasteiger partial charge is 0.0410 e. The van der Waals surface area contributed by atoms with E-state index in [1.165, 1.54) is 5.56 Å². The predicted octanol–water partition coefficient (Wildman–Crippen LogP) is 4.25. The molecule has 2 aromatic rings. The van der Waals surface area contributed by atoms with Gasteiger partial charge in [0.2, 0.25) is 0 Å². The molecule has 2 rings (SSSR count). The van der Waals surface area contributed by atoms with E-state index < -0.39 is 0 Å². The zero-order chi connectivity index (χ0) is 12.5. The average molecular weight is 246 g/mol. The molecule has 0 aromatic heterocycles. The number of hydrogen-bond donors (Lipinski definition) is 1. The van der Waals surface area contributed by atoms with Gasteiger partial charge in [-0.3, -0.25) is 0 Å². The van der Waals surface area contributed by atoms with Crippen molar-refractivity contribution in [2.24, 2.45) is 0 Å². The minimum Gasteiger partial charge on any atom is -0.398 e. The molecule has 17 heavy (non-hydrogen) atoms. The lowest BCUT2D eigenvalue weighted by molar-refractivity contribution is 0.643. The molecule has 2 N–H and O–H groups in total. The summed E-state index contributed by atoms with van der Waals surface area (Å²) in [7, 11) is 0. The highest BCUT2D eigenvalue weighted by Gasteiger charge is 2.25. The molecule has 2 aromatic carbocycles. The number of nitrogens with two attached hydrogens (primary N) is 1. The number of halogens is 1. The second-order valence-corrected chi connectivity index (χ2v) is 5.16. The van der Waals surface area contributed by atoms with Gasteiger partial charge in [0, 0.05) is 16.1 Å². The van der Waals surface area contributed by atoms with Crippen LogP contribution in [0.4, 0.5) is 5.69 Å². The van der Waals surface area contributed by atoms with Crippen LogP contribution < -0.4 is 5.73 Å². The maximum atomic E-state index is 6.05. The zero-order valence-corrected chi connectivity index (χ0v) is 10.8. The maximum Gasteiger partial charge on any atom is 0.0410 e. The third-order valence-corrected chi connectivity index (χ3v) is 3.42. The quantitative estimate of drug-likeness (QED) is 0.787. The fraction of sp³-hybridized carbons (Fsp3) is 0.200. The van der Waals surface area contributed by atoms with Crippen molar-refractivity contribution in [2.45, 2.75) is 19.3 Å². The van der Waals surface area contributed by atoms with E-state index in [0.29, 0.717) is 0 Å². The van der Waals surface area contributed by atoms with Crippen LogP contribution in [0.2, 0.25) is 5.02 Å². The molecule has 0 aliphatic carbocycles. The van der Waals surface area contributed by atoms with Gasteiger partial charge in [-0.15, -0.1) is 0 Å². The fourth-order valence-corrected chi connectivity index (χ4v) is 2.25. The summed E-state index contributed by atoms with van der Waals surface area (Å²) in [5, 5.41) is 0.721. The van der Waals surface area contributed by atoms with Crippen LogP contribution in [0.15, 0.2) is 48.5 Å². The monoisotopic (exact) mass is 245 g/mol. The molecule has 1 nitrogen and oxygen atoms in total. The highest BCUT2D eigenvalue weighted by molar-refractivity contribution is 6.30. The Morgan fingerprint density at radius 1 is 1.00 bits per heavy atom. The maximum absolute atomic E-state index is 6.05. The van der Waals surface area contributed by atoms with Crippen LogP contribution in [-0.2, 0) is 5.41 Å². The van der Waals surface area contributed by atoms with Crippen LogP contribution in [0.5, 0.6) is 0 Å². The summed E-state index contributed by atoms with van der Waals surface area (Å²) in [5.74, 6) is 0. The average Bonchev–Trinajstić information content (AvgIpc) is 2.33. The molecule has 0 aliphatic rings. The molecule has 0 fully saturated rings. The third kappa shape index (κ3) is 2.29. The summed E-state index contributed by atoms with van der Waals surface area (Å²) >= 11 is 6.05. The van der Waals surface area contributed by atoms with Crippen LogP contribution in [0.25, 0.3) is 0 Å². The molecule has 0 saturated heterocycles. The summed E-state index contributed by atoms with van der Waals surface area (Å²) < 4.78 is 0. The molecule has 0 radical (unpaired) electrons. The van der Waals surface area contributed by atoms with E-state index in [0.717, 1.165) is 16.3 Å². The third-order valence-electron chi connectivity index (χ3n) is 3.18. The second-order valence-electron chi connectivity index (χ2n) is 4.72. The molecular weight excluding hydrogens is 230 g/mol. The molecule has 0 amide bonds. The van der Waals surface area contributed by atoms with Gasteiger partial charge in [-0.1, -0.05) is 55.8 Å². The lowest BCUT2D eigenvalue weighted by Crippen LogP contribution is -2.20. The normalized spacial score (nSPS) is 11.5. The first-order chi connectivity index (χ1) is 8.01. The Morgan fingerprint density at radius 2 is 1.65 bits per heavy atom. The number of nitrogen functional groups attached to an aromatic ring is 1. The van der Waals surface area contributed by atoms with Crippen molar-refractivity contribution in [3.05, 3.63) is 64.7 Å². The Hall–Kier alpha value is -1.47. The van der Waals surface area contributed by atoms with Gasteiger partial charge in [0.15, 0.2) is 0 Å². The first-order valence-corrected chi connectivity index (χ1v) is 6.00. The molecule has 0 saturated carbocycles. The van der Waals surface area contributed by atoms with E-state index in [9.17, 15) is 0 Å². The fourth-order valence-electron chi connectivity index (χ4n) is 2.08. The molecule has 0 heterocycles. The summed E-state index contributed by atoms with van der Waals surface area (Å²) in [6.07, 6.45) is 0. The van der Waals surface area contributed by atoms with E-state index in [2.05, 4.69) is 26.0 Å². The van der Waals surface area contributed by atoms with Crippen LogP contribution in [0.3, 0.4) is 0 Å². The Morgan fingerprint density at radius 3 is 2.29 bits per heavy atom. The number of hydrogen-bond acceptors (Lipinski definition) is 1. The van der Waals surface area contributed by atoms with Crippen LogP contribution in [0.1, 0.15) is 25.0 Å². The van der Waals surface area contributed by atoms with Crippen molar-refractivity contribution >= 4 is 17.3 Å². The Bertz CT molecular complexity index is 518. The van der Waals surface area contributed by atoms with E-state index in [4.69, 9.17) is 17.3 Å². The van der Waals surface area contributed by atoms with Gasteiger partial charge in [-0.05, 0) is 29.3 Å². The molecule has 0 aliphatic heterocycles. The van der Waals surface area contributed by atoms with Crippen molar-refractivity contribution < 1.29 is 0 Å². The van der Waals surface area contributed by atoms with Crippen LogP contribution >= 0.6 is 11.6 Å². The SMILES string of the molecule is CC(C)(c1ccccc1)c1cc(Cl)ccc1N. The van der Waals surface area contributed by atoms with Gasteiger partial charge in [0.25, 0.3) is 0 Å². The highest BCUT2D eigenvalue weighted by atomic mass is 35.5. The summed E-state index contributed by atoms with van der Waals surface area (Å²) in [6.45, 7) is 4.31. The van der Waals surface area contributed by atoms with Crippen molar-refractivity contribution in [1.29, 1.82) is 0 Å². The van der Waals surface area contributed by atoms with E-state index in [-0.39, 0.29) is 5.41 Å². The van der Waals surface area contributed by atoms with Crippen molar-refractivity contribution in [3.8, 4) is 0 Å². The summed E-state index contributed by atoms with van der Waals surface area (Å²) in [4.78, 5) is 0. The molecular formula is C15H16ClN. The first-order valence-electron chi connectivity index (χ1n) is 5.63. The molecule has 0 atom stereocenters. The van der Waals surface area contributed by atoms with Gasteiger partial charge in [-0.25, -0.2) is 0 Å². The van der Waals surface area contributed by atoms with Gasteiger partial charge >= 0.3 is 0 Å². The van der Waals surface area contributed by atoms with Crippen molar-refractivity contribution in [1.82, 2.24) is 0 Å². The minimum absolute atomic E-state index is 0.143. The lowest BCUT2D eigenvalue weighted by atomic mass is 9.77. The largest absolute Gasteiger partial charge is 0.398 e.